The number of hydrogen-bond acceptors (Lipinski definition) is 6. The number of rotatable bonds is 23. The molecular formula is C31H44ClNO9. The highest BCUT2D eigenvalue weighted by molar-refractivity contribution is 6.30. The van der Waals surface area contributed by atoms with Gasteiger partial charge in [-0.1, -0.05) is 81.3 Å². The lowest BCUT2D eigenvalue weighted by atomic mass is 9.82. The van der Waals surface area contributed by atoms with E-state index in [1.165, 1.54) is 12.5 Å². The molecule has 0 saturated carbocycles. The predicted molar refractivity (Wildman–Crippen MR) is 158 cm³/mol. The van der Waals surface area contributed by atoms with Crippen LogP contribution in [-0.2, 0) is 30.4 Å². The number of Topliss-reactive ketones (excluding diaryl/α,β-unsaturated/α-hetero) is 1. The third kappa shape index (κ3) is 14.1. The zero-order chi connectivity index (χ0) is 31.5. The molecule has 0 bridgehead atoms. The number of nitrogens with one attached hydrogen (secondary N) is 1. The molecule has 0 aliphatic heterocycles. The fourth-order valence-corrected chi connectivity index (χ4v) is 4.68. The molecule has 10 nitrogen and oxygen atoms in total. The van der Waals surface area contributed by atoms with Crippen LogP contribution in [0.3, 0.4) is 0 Å². The van der Waals surface area contributed by atoms with Crippen LogP contribution in [0.1, 0.15) is 96.0 Å². The predicted octanol–water partition coefficient (Wildman–Crippen LogP) is 5.18. The molecule has 0 aliphatic rings. The Morgan fingerprint density at radius 3 is 1.98 bits per heavy atom. The van der Waals surface area contributed by atoms with Gasteiger partial charge in [0.1, 0.15) is 11.8 Å². The molecular weight excluding hydrogens is 566 g/mol. The Balaban J connectivity index is 2.77. The van der Waals surface area contributed by atoms with Gasteiger partial charge in [-0.15, -0.1) is 0 Å². The van der Waals surface area contributed by atoms with Crippen LogP contribution in [0.25, 0.3) is 0 Å². The van der Waals surface area contributed by atoms with Crippen LogP contribution in [0.2, 0.25) is 5.02 Å². The molecule has 1 aromatic rings. The third-order valence-electron chi connectivity index (χ3n) is 7.02. The van der Waals surface area contributed by atoms with Gasteiger partial charge in [0.05, 0.1) is 12.3 Å². The van der Waals surface area contributed by atoms with Gasteiger partial charge in [-0.2, -0.15) is 0 Å². The molecule has 1 rings (SSSR count). The normalized spacial score (nSPS) is 14.2. The molecule has 1 aromatic carbocycles. The van der Waals surface area contributed by atoms with E-state index in [2.05, 4.69) is 12.2 Å². The van der Waals surface area contributed by atoms with Gasteiger partial charge in [-0.25, -0.2) is 9.59 Å². The van der Waals surface area contributed by atoms with E-state index in [9.17, 15) is 44.4 Å². The minimum atomic E-state index is -3.01. The number of carbonyl (C=O) groups excluding carboxylic acids is 2. The first-order valence-electron chi connectivity index (χ1n) is 14.5. The summed E-state index contributed by atoms with van der Waals surface area (Å²) in [5, 5.41) is 42.0. The van der Waals surface area contributed by atoms with E-state index in [1.54, 1.807) is 24.3 Å². The van der Waals surface area contributed by atoms with Crippen LogP contribution in [0.5, 0.6) is 0 Å². The molecule has 5 N–H and O–H groups in total. The van der Waals surface area contributed by atoms with Gasteiger partial charge in [0.2, 0.25) is 5.91 Å². The lowest BCUT2D eigenvalue weighted by molar-refractivity contribution is -0.172. The summed E-state index contributed by atoms with van der Waals surface area (Å²) in [6.07, 6.45) is 11.3. The van der Waals surface area contributed by atoms with Gasteiger partial charge < -0.3 is 25.7 Å². The van der Waals surface area contributed by atoms with Crippen molar-refractivity contribution < 1.29 is 44.4 Å². The van der Waals surface area contributed by atoms with Crippen molar-refractivity contribution in [3.63, 3.8) is 0 Å². The molecule has 0 aliphatic carbocycles. The first-order chi connectivity index (χ1) is 19.9. The Kier molecular flexibility index (Phi) is 17.3. The topological polar surface area (TPSA) is 178 Å². The Bertz CT molecular complexity index is 1060. The first-order valence-corrected chi connectivity index (χ1v) is 14.9. The highest BCUT2D eigenvalue weighted by Crippen LogP contribution is 2.26. The number of halogens is 1. The summed E-state index contributed by atoms with van der Waals surface area (Å²) in [6.45, 7) is 2.15. The first kappa shape index (κ1) is 36.8. The minimum absolute atomic E-state index is 0.152. The van der Waals surface area contributed by atoms with E-state index in [0.29, 0.717) is 36.3 Å². The van der Waals surface area contributed by atoms with E-state index in [-0.39, 0.29) is 12.2 Å². The van der Waals surface area contributed by atoms with Crippen LogP contribution < -0.4 is 5.32 Å². The van der Waals surface area contributed by atoms with Crippen molar-refractivity contribution in [1.29, 1.82) is 0 Å². The molecule has 0 heterocycles. The number of carboxylic acids is 3. The van der Waals surface area contributed by atoms with Crippen LogP contribution in [0.15, 0.2) is 36.4 Å². The fourth-order valence-electron chi connectivity index (χ4n) is 4.55. The maximum atomic E-state index is 13.1. The molecule has 0 fully saturated rings. The SMILES string of the molecule is CCCCCCCC(=O)CCCCCC/C=C/[C@H](C(=O)N[C@@H](Cc1ccc(Cl)cc1)C(=O)O)[C@@](O)(CC(=O)O)C(=O)O. The Hall–Kier alpha value is -3.24. The van der Waals surface area contributed by atoms with Crippen molar-refractivity contribution >= 4 is 41.2 Å². The number of unbranched alkanes of at least 4 members (excludes halogenated alkanes) is 8. The summed E-state index contributed by atoms with van der Waals surface area (Å²) in [6, 6.07) is 4.77. The number of ketones is 1. The number of carboxylic acid groups (broad SMARTS) is 3. The molecule has 234 valence electrons. The van der Waals surface area contributed by atoms with E-state index < -0.39 is 47.8 Å². The highest BCUT2D eigenvalue weighted by atomic mass is 35.5. The monoisotopic (exact) mass is 609 g/mol. The zero-order valence-corrected chi connectivity index (χ0v) is 25.0. The Labute approximate surface area is 252 Å². The van der Waals surface area contributed by atoms with Crippen molar-refractivity contribution in [2.75, 3.05) is 0 Å². The quantitative estimate of drug-likeness (QED) is 0.0825. The smallest absolute Gasteiger partial charge is 0.337 e. The summed E-state index contributed by atoms with van der Waals surface area (Å²) in [5.74, 6) is -7.69. The zero-order valence-electron chi connectivity index (χ0n) is 24.2. The minimum Gasteiger partial charge on any atom is -0.481 e. The summed E-state index contributed by atoms with van der Waals surface area (Å²) < 4.78 is 0. The highest BCUT2D eigenvalue weighted by Gasteiger charge is 2.49. The maximum absolute atomic E-state index is 13.1. The number of aliphatic hydroxyl groups is 1. The number of aliphatic carboxylic acids is 3. The summed E-state index contributed by atoms with van der Waals surface area (Å²) in [7, 11) is 0. The Morgan fingerprint density at radius 2 is 1.45 bits per heavy atom. The summed E-state index contributed by atoms with van der Waals surface area (Å²) in [4.78, 5) is 60.3. The molecule has 0 spiro atoms. The second kappa shape index (κ2) is 19.8. The van der Waals surface area contributed by atoms with Gasteiger partial charge in [0, 0.05) is 24.3 Å². The molecule has 0 aromatic heterocycles. The van der Waals surface area contributed by atoms with E-state index in [0.717, 1.165) is 51.0 Å². The van der Waals surface area contributed by atoms with Crippen LogP contribution in [-0.4, -0.2) is 61.7 Å². The molecule has 0 saturated heterocycles. The van der Waals surface area contributed by atoms with Gasteiger partial charge in [0.15, 0.2) is 5.60 Å². The van der Waals surface area contributed by atoms with Gasteiger partial charge in [-0.05, 0) is 43.4 Å². The van der Waals surface area contributed by atoms with Crippen molar-refractivity contribution in [3.05, 3.63) is 47.0 Å². The van der Waals surface area contributed by atoms with E-state index in [4.69, 9.17) is 11.6 Å². The number of amides is 1. The van der Waals surface area contributed by atoms with Crippen molar-refractivity contribution in [2.45, 2.75) is 108 Å². The molecule has 11 heteroatoms. The average molecular weight is 610 g/mol. The van der Waals surface area contributed by atoms with Crippen LogP contribution in [0, 0.1) is 5.92 Å². The fraction of sp³-hybridized carbons (Fsp3) is 0.581. The standard InChI is InChI=1S/C31H44ClNO9/c1-2-3-4-7-10-13-24(34)14-11-8-5-6-9-12-15-25(31(42,30(40)41)21-27(35)36)28(37)33-26(29(38)39)20-22-16-18-23(32)19-17-22/h12,15-19,25-26,42H,2-11,13-14,20-21H2,1H3,(H,33,37)(H,35,36)(H,38,39)(H,40,41)/b15-12+/t25-,26+,31+/m1/s1. The molecule has 0 radical (unpaired) electrons. The number of benzene rings is 1. The summed E-state index contributed by atoms with van der Waals surface area (Å²) >= 11 is 5.86. The number of allylic oxidation sites excluding steroid dienone is 1. The summed E-state index contributed by atoms with van der Waals surface area (Å²) in [5.41, 5.74) is -2.47. The Morgan fingerprint density at radius 1 is 0.881 bits per heavy atom. The van der Waals surface area contributed by atoms with Crippen molar-refractivity contribution in [3.8, 4) is 0 Å². The van der Waals surface area contributed by atoms with Crippen LogP contribution >= 0.6 is 11.6 Å². The van der Waals surface area contributed by atoms with Crippen molar-refractivity contribution in [1.82, 2.24) is 5.32 Å². The average Bonchev–Trinajstić information content (AvgIpc) is 2.92. The molecule has 0 unspecified atom stereocenters. The third-order valence-corrected chi connectivity index (χ3v) is 7.27. The van der Waals surface area contributed by atoms with E-state index >= 15 is 0 Å². The molecule has 3 atom stereocenters. The van der Waals surface area contributed by atoms with Crippen molar-refractivity contribution in [2.24, 2.45) is 5.92 Å². The lowest BCUT2D eigenvalue weighted by Crippen LogP contribution is -2.55. The second-order valence-corrected chi connectivity index (χ2v) is 11.0. The van der Waals surface area contributed by atoms with Gasteiger partial charge >= 0.3 is 17.9 Å². The number of hydrogen-bond donors (Lipinski definition) is 5. The van der Waals surface area contributed by atoms with Gasteiger partial charge in [-0.3, -0.25) is 14.4 Å². The molecule has 1 amide bonds. The molecule has 42 heavy (non-hydrogen) atoms. The largest absolute Gasteiger partial charge is 0.481 e. The van der Waals surface area contributed by atoms with E-state index in [1.807, 2.05) is 0 Å². The second-order valence-electron chi connectivity index (χ2n) is 10.6. The van der Waals surface area contributed by atoms with Gasteiger partial charge in [0.25, 0.3) is 0 Å². The maximum Gasteiger partial charge on any atom is 0.337 e. The lowest BCUT2D eigenvalue weighted by Gasteiger charge is -2.29. The number of carbonyl (C=O) groups is 5. The van der Waals surface area contributed by atoms with Crippen LogP contribution in [0.4, 0.5) is 0 Å².